The molecule has 0 spiro atoms. The van der Waals surface area contributed by atoms with E-state index < -0.39 is 24.9 Å². The summed E-state index contributed by atoms with van der Waals surface area (Å²) in [5.74, 6) is -4.72. The SMILES string of the molecule is O=C(OCc1ccc(Br)cc1)c1ccc(COCC(F)(F)C(F)F)cc1. The van der Waals surface area contributed by atoms with Gasteiger partial charge in [0, 0.05) is 4.47 Å². The van der Waals surface area contributed by atoms with Gasteiger partial charge in [0.2, 0.25) is 0 Å². The van der Waals surface area contributed by atoms with Crippen molar-refractivity contribution in [2.24, 2.45) is 0 Å². The highest BCUT2D eigenvalue weighted by molar-refractivity contribution is 9.10. The molecule has 0 aliphatic carbocycles. The van der Waals surface area contributed by atoms with Gasteiger partial charge in [0.25, 0.3) is 0 Å². The van der Waals surface area contributed by atoms with Crippen LogP contribution in [0.15, 0.2) is 53.0 Å². The normalized spacial score (nSPS) is 11.6. The second kappa shape index (κ2) is 9.14. The molecule has 0 N–H and O–H groups in total. The highest BCUT2D eigenvalue weighted by atomic mass is 79.9. The molecular formula is C18H15BrF4O3. The van der Waals surface area contributed by atoms with Crippen LogP contribution in [0, 0.1) is 0 Å². The van der Waals surface area contributed by atoms with Crippen LogP contribution in [0.2, 0.25) is 0 Å². The molecule has 0 atom stereocenters. The van der Waals surface area contributed by atoms with E-state index in [9.17, 15) is 22.4 Å². The lowest BCUT2D eigenvalue weighted by Crippen LogP contribution is -2.32. The van der Waals surface area contributed by atoms with Crippen LogP contribution >= 0.6 is 15.9 Å². The van der Waals surface area contributed by atoms with E-state index in [1.165, 1.54) is 24.3 Å². The van der Waals surface area contributed by atoms with Crippen LogP contribution in [-0.4, -0.2) is 24.9 Å². The number of hydrogen-bond acceptors (Lipinski definition) is 3. The summed E-state index contributed by atoms with van der Waals surface area (Å²) in [7, 11) is 0. The maximum Gasteiger partial charge on any atom is 0.338 e. The molecule has 2 aromatic rings. The summed E-state index contributed by atoms with van der Waals surface area (Å²) in [6.07, 6.45) is -3.77. The second-order valence-electron chi connectivity index (χ2n) is 5.45. The Morgan fingerprint density at radius 1 is 0.962 bits per heavy atom. The van der Waals surface area contributed by atoms with Crippen LogP contribution in [0.1, 0.15) is 21.5 Å². The van der Waals surface area contributed by atoms with Gasteiger partial charge in [0.1, 0.15) is 13.2 Å². The van der Waals surface area contributed by atoms with Gasteiger partial charge in [-0.2, -0.15) is 8.78 Å². The number of ether oxygens (including phenoxy) is 2. The first-order chi connectivity index (χ1) is 12.3. The van der Waals surface area contributed by atoms with Gasteiger partial charge in [-0.15, -0.1) is 0 Å². The zero-order valence-electron chi connectivity index (χ0n) is 13.4. The molecule has 26 heavy (non-hydrogen) atoms. The minimum atomic E-state index is -4.18. The van der Waals surface area contributed by atoms with Gasteiger partial charge in [-0.1, -0.05) is 40.2 Å². The minimum Gasteiger partial charge on any atom is -0.457 e. The topological polar surface area (TPSA) is 35.5 Å². The lowest BCUT2D eigenvalue weighted by Gasteiger charge is -2.15. The molecule has 0 bridgehead atoms. The van der Waals surface area contributed by atoms with Crippen LogP contribution < -0.4 is 0 Å². The molecule has 0 saturated carbocycles. The average Bonchev–Trinajstić information content (AvgIpc) is 2.61. The van der Waals surface area contributed by atoms with Gasteiger partial charge in [0.15, 0.2) is 0 Å². The monoisotopic (exact) mass is 434 g/mol. The van der Waals surface area contributed by atoms with Crippen molar-refractivity contribution in [1.29, 1.82) is 0 Å². The maximum absolute atomic E-state index is 12.7. The van der Waals surface area contributed by atoms with Crippen molar-refractivity contribution in [3.63, 3.8) is 0 Å². The number of carbonyl (C=O) groups excluding carboxylic acids is 1. The predicted octanol–water partition coefficient (Wildman–Crippen LogP) is 5.22. The van der Waals surface area contributed by atoms with Crippen LogP contribution in [0.5, 0.6) is 0 Å². The summed E-state index contributed by atoms with van der Waals surface area (Å²) >= 11 is 3.31. The Labute approximate surface area is 156 Å². The lowest BCUT2D eigenvalue weighted by molar-refractivity contribution is -0.168. The Balaban J connectivity index is 1.82. The van der Waals surface area contributed by atoms with Crippen molar-refractivity contribution in [1.82, 2.24) is 0 Å². The van der Waals surface area contributed by atoms with E-state index in [0.717, 1.165) is 10.0 Å². The third-order valence-corrected chi connectivity index (χ3v) is 3.88. The number of esters is 1. The van der Waals surface area contributed by atoms with Crippen LogP contribution in [0.4, 0.5) is 17.6 Å². The fraction of sp³-hybridized carbons (Fsp3) is 0.278. The number of hydrogen-bond donors (Lipinski definition) is 0. The fourth-order valence-electron chi connectivity index (χ4n) is 1.92. The van der Waals surface area contributed by atoms with Crippen molar-refractivity contribution in [2.45, 2.75) is 25.6 Å². The number of halogens is 5. The summed E-state index contributed by atoms with van der Waals surface area (Å²) < 4.78 is 60.2. The zero-order valence-corrected chi connectivity index (χ0v) is 15.0. The van der Waals surface area contributed by atoms with Crippen LogP contribution in [-0.2, 0) is 22.7 Å². The molecule has 0 fully saturated rings. The van der Waals surface area contributed by atoms with E-state index in [1.807, 2.05) is 24.3 Å². The zero-order chi connectivity index (χ0) is 19.2. The standard InChI is InChI=1S/C18H15BrF4O3/c19-15-7-3-13(4-8-15)10-26-16(24)14-5-1-12(2-6-14)9-25-11-18(22,23)17(20)21/h1-8,17H,9-11H2. The van der Waals surface area contributed by atoms with Gasteiger partial charge in [0.05, 0.1) is 12.2 Å². The second-order valence-corrected chi connectivity index (χ2v) is 6.37. The first-order valence-electron chi connectivity index (χ1n) is 7.52. The van der Waals surface area contributed by atoms with E-state index in [4.69, 9.17) is 4.74 Å². The van der Waals surface area contributed by atoms with Crippen molar-refractivity contribution in [3.8, 4) is 0 Å². The predicted molar refractivity (Wildman–Crippen MR) is 90.3 cm³/mol. The molecular weight excluding hydrogens is 420 g/mol. The Morgan fingerprint density at radius 2 is 1.50 bits per heavy atom. The number of alkyl halides is 4. The molecule has 3 nitrogen and oxygen atoms in total. The maximum atomic E-state index is 12.7. The van der Waals surface area contributed by atoms with Gasteiger partial charge >= 0.3 is 18.3 Å². The molecule has 8 heteroatoms. The van der Waals surface area contributed by atoms with Gasteiger partial charge in [-0.05, 0) is 35.4 Å². The van der Waals surface area contributed by atoms with Crippen molar-refractivity contribution >= 4 is 21.9 Å². The lowest BCUT2D eigenvalue weighted by atomic mass is 10.1. The fourth-order valence-corrected chi connectivity index (χ4v) is 2.18. The summed E-state index contributed by atoms with van der Waals surface area (Å²) in [6, 6.07) is 13.2. The third kappa shape index (κ3) is 6.10. The van der Waals surface area contributed by atoms with E-state index in [2.05, 4.69) is 20.7 Å². The van der Waals surface area contributed by atoms with Gasteiger partial charge < -0.3 is 9.47 Å². The average molecular weight is 435 g/mol. The van der Waals surface area contributed by atoms with Crippen molar-refractivity contribution in [3.05, 3.63) is 69.7 Å². The number of carbonyl (C=O) groups is 1. The number of benzene rings is 2. The van der Waals surface area contributed by atoms with Gasteiger partial charge in [-0.3, -0.25) is 0 Å². The highest BCUT2D eigenvalue weighted by Crippen LogP contribution is 2.23. The Hall–Kier alpha value is -1.93. The molecule has 2 rings (SSSR count). The minimum absolute atomic E-state index is 0.111. The first-order valence-corrected chi connectivity index (χ1v) is 8.31. The number of rotatable bonds is 8. The van der Waals surface area contributed by atoms with Crippen LogP contribution in [0.3, 0.4) is 0 Å². The highest BCUT2D eigenvalue weighted by Gasteiger charge is 2.40. The van der Waals surface area contributed by atoms with E-state index in [1.54, 1.807) is 0 Å². The molecule has 0 aliphatic heterocycles. The smallest absolute Gasteiger partial charge is 0.338 e. The van der Waals surface area contributed by atoms with Gasteiger partial charge in [-0.25, -0.2) is 13.6 Å². The quantitative estimate of drug-likeness (QED) is 0.421. The molecule has 0 amide bonds. The molecule has 0 unspecified atom stereocenters. The van der Waals surface area contributed by atoms with E-state index in [0.29, 0.717) is 5.56 Å². The van der Waals surface area contributed by atoms with Crippen molar-refractivity contribution in [2.75, 3.05) is 6.61 Å². The summed E-state index contributed by atoms with van der Waals surface area (Å²) in [5, 5.41) is 0. The van der Waals surface area contributed by atoms with E-state index in [-0.39, 0.29) is 18.8 Å². The van der Waals surface area contributed by atoms with E-state index >= 15 is 0 Å². The third-order valence-electron chi connectivity index (χ3n) is 3.36. The van der Waals surface area contributed by atoms with Crippen molar-refractivity contribution < 1.29 is 31.8 Å². The molecule has 2 aromatic carbocycles. The molecule has 0 heterocycles. The summed E-state index contributed by atoms with van der Waals surface area (Å²) in [4.78, 5) is 12.0. The molecule has 140 valence electrons. The Kier molecular flexibility index (Phi) is 7.16. The summed E-state index contributed by atoms with van der Waals surface area (Å²) in [5.41, 5.74) is 1.58. The Morgan fingerprint density at radius 3 is 2.08 bits per heavy atom. The molecule has 0 aliphatic rings. The Bertz CT molecular complexity index is 718. The molecule has 0 saturated heterocycles. The summed E-state index contributed by atoms with van der Waals surface area (Å²) in [6.45, 7) is -1.53. The van der Waals surface area contributed by atoms with Crippen LogP contribution in [0.25, 0.3) is 0 Å². The first kappa shape index (κ1) is 20.4. The molecule has 0 aromatic heterocycles. The molecule has 0 radical (unpaired) electrons. The largest absolute Gasteiger partial charge is 0.457 e.